The van der Waals surface area contributed by atoms with E-state index in [9.17, 15) is 14.4 Å². The van der Waals surface area contributed by atoms with Crippen molar-refractivity contribution in [3.8, 4) is 0 Å². The van der Waals surface area contributed by atoms with Gasteiger partial charge in [-0.05, 0) is 52.5 Å². The summed E-state index contributed by atoms with van der Waals surface area (Å²) in [6.07, 6.45) is 6.32. The number of ether oxygens (including phenoxy) is 3. The minimum absolute atomic E-state index is 0.0452. The fourth-order valence-electron chi connectivity index (χ4n) is 5.59. The number of hydrogen-bond acceptors (Lipinski definition) is 6. The van der Waals surface area contributed by atoms with Crippen LogP contribution in [0.25, 0.3) is 0 Å². The molecule has 1 aliphatic carbocycles. The van der Waals surface area contributed by atoms with E-state index in [2.05, 4.69) is 26.8 Å². The van der Waals surface area contributed by atoms with Crippen LogP contribution in [-0.4, -0.2) is 69.7 Å². The van der Waals surface area contributed by atoms with Crippen LogP contribution in [0.5, 0.6) is 0 Å². The van der Waals surface area contributed by atoms with Gasteiger partial charge in [0.15, 0.2) is 0 Å². The van der Waals surface area contributed by atoms with Gasteiger partial charge in [0.05, 0.1) is 35.5 Å². The number of carbonyl (C=O) groups is 2. The number of carboxylic acids is 1. The Labute approximate surface area is 198 Å². The van der Waals surface area contributed by atoms with Gasteiger partial charge in [-0.25, -0.2) is 9.59 Å². The Kier molecular flexibility index (Phi) is 5.60. The summed E-state index contributed by atoms with van der Waals surface area (Å²) in [4.78, 5) is 37.7. The third-order valence-electron chi connectivity index (χ3n) is 7.92. The summed E-state index contributed by atoms with van der Waals surface area (Å²) in [5.74, 6) is -0.909. The second kappa shape index (κ2) is 8.23. The Bertz CT molecular complexity index is 1080. The smallest absolute Gasteiger partial charge is 0.410 e. The number of carbonyl (C=O) groups excluding carboxylic acids is 1. The lowest BCUT2D eigenvalue weighted by Crippen LogP contribution is -2.54. The molecular formula is C25H32N2O7. The summed E-state index contributed by atoms with van der Waals surface area (Å²) in [5.41, 5.74) is 0.633. The van der Waals surface area contributed by atoms with E-state index < -0.39 is 12.1 Å². The Morgan fingerprint density at radius 3 is 2.68 bits per heavy atom. The van der Waals surface area contributed by atoms with E-state index in [0.29, 0.717) is 19.5 Å². The van der Waals surface area contributed by atoms with Crippen molar-refractivity contribution >= 4 is 12.1 Å². The number of pyridine rings is 1. The van der Waals surface area contributed by atoms with Gasteiger partial charge in [0.1, 0.15) is 6.10 Å². The maximum Gasteiger partial charge on any atom is 0.410 e. The zero-order chi connectivity index (χ0) is 24.3. The van der Waals surface area contributed by atoms with Gasteiger partial charge >= 0.3 is 12.1 Å². The maximum absolute atomic E-state index is 12.8. The molecule has 4 aliphatic rings. The molecule has 1 saturated carbocycles. The Morgan fingerprint density at radius 1 is 1.29 bits per heavy atom. The lowest BCUT2D eigenvalue weighted by atomic mass is 9.70. The molecule has 4 heterocycles. The SMILES string of the molecule is CC(C)=CCC1O[C@]1(C)[C@H]1C[C@H](OC(=O)N2CC(n3cc(C(=O)O)ccc3=O)C2)CC[C@]12CO2. The third-order valence-corrected chi connectivity index (χ3v) is 7.92. The minimum Gasteiger partial charge on any atom is -0.478 e. The van der Waals surface area contributed by atoms with E-state index in [1.54, 1.807) is 4.90 Å². The van der Waals surface area contributed by atoms with Gasteiger partial charge in [-0.15, -0.1) is 0 Å². The van der Waals surface area contributed by atoms with E-state index >= 15 is 0 Å². The molecule has 5 rings (SSSR count). The van der Waals surface area contributed by atoms with Crippen LogP contribution in [0.1, 0.15) is 62.9 Å². The molecule has 0 radical (unpaired) electrons. The fourth-order valence-corrected chi connectivity index (χ4v) is 5.59. The molecule has 5 atom stereocenters. The van der Waals surface area contributed by atoms with Crippen LogP contribution in [-0.2, 0) is 14.2 Å². The molecule has 1 aromatic heterocycles. The number of aromatic nitrogens is 1. The number of carboxylic acid groups (broad SMARTS) is 1. The first-order chi connectivity index (χ1) is 16.1. The van der Waals surface area contributed by atoms with Crippen LogP contribution in [0, 0.1) is 5.92 Å². The van der Waals surface area contributed by atoms with Gasteiger partial charge in [0.25, 0.3) is 5.56 Å². The molecule has 1 spiro atoms. The average molecular weight is 473 g/mol. The predicted octanol–water partition coefficient (Wildman–Crippen LogP) is 2.99. The van der Waals surface area contributed by atoms with Gasteiger partial charge in [0, 0.05) is 31.3 Å². The quantitative estimate of drug-likeness (QED) is 0.500. The van der Waals surface area contributed by atoms with Crippen molar-refractivity contribution in [3.05, 3.63) is 45.9 Å². The van der Waals surface area contributed by atoms with Crippen LogP contribution < -0.4 is 5.56 Å². The number of likely N-dealkylation sites (tertiary alicyclic amines) is 1. The number of hydrogen-bond donors (Lipinski definition) is 1. The molecular weight excluding hydrogens is 440 g/mol. The van der Waals surface area contributed by atoms with Gasteiger partial charge in [-0.1, -0.05) is 11.6 Å². The predicted molar refractivity (Wildman–Crippen MR) is 122 cm³/mol. The minimum atomic E-state index is -1.09. The third kappa shape index (κ3) is 4.15. The van der Waals surface area contributed by atoms with E-state index in [0.717, 1.165) is 25.9 Å². The molecule has 1 amide bonds. The van der Waals surface area contributed by atoms with Crippen molar-refractivity contribution in [2.75, 3.05) is 19.7 Å². The molecule has 184 valence electrons. The number of epoxide rings is 2. The largest absolute Gasteiger partial charge is 0.478 e. The first-order valence-electron chi connectivity index (χ1n) is 12.0. The number of amides is 1. The van der Waals surface area contributed by atoms with Crippen molar-refractivity contribution in [2.45, 2.75) is 75.9 Å². The molecule has 1 aromatic rings. The monoisotopic (exact) mass is 472 g/mol. The molecule has 4 fully saturated rings. The van der Waals surface area contributed by atoms with Crippen molar-refractivity contribution in [1.29, 1.82) is 0 Å². The Hall–Kier alpha value is -2.65. The summed E-state index contributed by atoms with van der Waals surface area (Å²) >= 11 is 0. The highest BCUT2D eigenvalue weighted by Gasteiger charge is 2.68. The Morgan fingerprint density at radius 2 is 2.03 bits per heavy atom. The summed E-state index contributed by atoms with van der Waals surface area (Å²) in [5, 5.41) is 9.17. The summed E-state index contributed by atoms with van der Waals surface area (Å²) < 4.78 is 19.3. The van der Waals surface area contributed by atoms with Crippen molar-refractivity contribution in [2.24, 2.45) is 5.92 Å². The molecule has 1 N–H and O–H groups in total. The number of rotatable bonds is 6. The van der Waals surface area contributed by atoms with Crippen molar-refractivity contribution in [1.82, 2.24) is 9.47 Å². The van der Waals surface area contributed by atoms with E-state index in [1.807, 2.05) is 0 Å². The van der Waals surface area contributed by atoms with Gasteiger partial charge in [-0.2, -0.15) is 0 Å². The topological polar surface area (TPSA) is 114 Å². The molecule has 0 bridgehead atoms. The number of nitrogens with zero attached hydrogens (tertiary/aromatic N) is 2. The van der Waals surface area contributed by atoms with Gasteiger partial charge < -0.3 is 28.8 Å². The molecule has 34 heavy (non-hydrogen) atoms. The van der Waals surface area contributed by atoms with Crippen LogP contribution in [0.3, 0.4) is 0 Å². The first kappa shape index (κ1) is 23.1. The van der Waals surface area contributed by atoms with E-state index in [-0.39, 0.29) is 46.5 Å². The van der Waals surface area contributed by atoms with E-state index in [1.165, 1.54) is 28.5 Å². The number of aromatic carboxylic acids is 1. The molecule has 9 nitrogen and oxygen atoms in total. The molecule has 0 aromatic carbocycles. The lowest BCUT2D eigenvalue weighted by Gasteiger charge is -2.41. The van der Waals surface area contributed by atoms with Crippen molar-refractivity contribution < 1.29 is 28.9 Å². The highest BCUT2D eigenvalue weighted by atomic mass is 16.6. The molecule has 9 heteroatoms. The second-order valence-corrected chi connectivity index (χ2v) is 10.5. The first-order valence-corrected chi connectivity index (χ1v) is 12.0. The van der Waals surface area contributed by atoms with Gasteiger partial charge in [0.2, 0.25) is 0 Å². The zero-order valence-electron chi connectivity index (χ0n) is 19.9. The molecule has 3 aliphatic heterocycles. The average Bonchev–Trinajstić information content (AvgIpc) is 3.66. The summed E-state index contributed by atoms with van der Waals surface area (Å²) in [6.45, 7) is 7.69. The van der Waals surface area contributed by atoms with Crippen molar-refractivity contribution in [3.63, 3.8) is 0 Å². The summed E-state index contributed by atoms with van der Waals surface area (Å²) in [7, 11) is 0. The van der Waals surface area contributed by atoms with E-state index in [4.69, 9.17) is 19.3 Å². The number of allylic oxidation sites excluding steroid dienone is 1. The highest BCUT2D eigenvalue weighted by Crippen LogP contribution is 2.59. The summed E-state index contributed by atoms with van der Waals surface area (Å²) in [6, 6.07) is 2.28. The second-order valence-electron chi connectivity index (χ2n) is 10.5. The van der Waals surface area contributed by atoms with Gasteiger partial charge in [-0.3, -0.25) is 4.79 Å². The molecule has 3 saturated heterocycles. The maximum atomic E-state index is 12.8. The normalized spacial score (nSPS) is 34.3. The van der Waals surface area contributed by atoms with Crippen LogP contribution in [0.15, 0.2) is 34.8 Å². The highest BCUT2D eigenvalue weighted by molar-refractivity contribution is 5.87. The fraction of sp³-hybridized carbons (Fsp3) is 0.640. The standard InChI is InChI=1S/C25H32N2O7/c1-15(2)4-6-20-24(3,34-20)19-10-18(8-9-25(19)14-32-25)33-23(31)26-12-17(13-26)27-11-16(22(29)30)5-7-21(27)28/h4-5,7,11,17-20H,6,8-10,12-14H2,1-3H3,(H,29,30)/t18-,19-,20?,24-,25+/m1/s1. The Balaban J connectivity index is 1.17. The van der Waals surface area contributed by atoms with Crippen LogP contribution >= 0.6 is 0 Å². The lowest BCUT2D eigenvalue weighted by molar-refractivity contribution is -0.0211. The molecule has 1 unspecified atom stereocenters. The zero-order valence-corrected chi connectivity index (χ0v) is 19.9. The van der Waals surface area contributed by atoms with Crippen LogP contribution in [0.4, 0.5) is 4.79 Å². The van der Waals surface area contributed by atoms with Crippen LogP contribution in [0.2, 0.25) is 0 Å².